The Balaban J connectivity index is 1.98. The maximum absolute atomic E-state index is 12.3. The highest BCUT2D eigenvalue weighted by molar-refractivity contribution is 7.53. The van der Waals surface area contributed by atoms with E-state index in [2.05, 4.69) is 10.1 Å². The summed E-state index contributed by atoms with van der Waals surface area (Å²) in [5, 5.41) is 4.24. The fourth-order valence-corrected chi connectivity index (χ4v) is 3.36. The third kappa shape index (κ3) is 4.46. The summed E-state index contributed by atoms with van der Waals surface area (Å²) in [5.74, 6) is 0.518. The van der Waals surface area contributed by atoms with Gasteiger partial charge in [-0.1, -0.05) is 4.68 Å². The minimum atomic E-state index is -3.04. The smallest absolute Gasteiger partial charge is 0.337 e. The van der Waals surface area contributed by atoms with Crippen molar-refractivity contribution in [1.29, 1.82) is 0 Å². The first kappa shape index (κ1) is 15.8. The van der Waals surface area contributed by atoms with Crippen LogP contribution in [0, 0.1) is 0 Å². The summed E-state index contributed by atoms with van der Waals surface area (Å²) in [7, 11) is -3.04. The average Bonchev–Trinajstić information content (AvgIpc) is 3.01. The van der Waals surface area contributed by atoms with Gasteiger partial charge in [0.1, 0.15) is 18.6 Å². The van der Waals surface area contributed by atoms with Crippen LogP contribution in [0.2, 0.25) is 0 Å². The molecule has 2 aromatic heterocycles. The molecule has 0 amide bonds. The Morgan fingerprint density at radius 3 is 2.62 bits per heavy atom. The number of aryl methyl sites for hydroxylation is 1. The molecule has 21 heavy (non-hydrogen) atoms. The van der Waals surface area contributed by atoms with Crippen molar-refractivity contribution in [3.63, 3.8) is 0 Å². The Morgan fingerprint density at radius 2 is 2.10 bits per heavy atom. The molecule has 114 valence electrons. The molecule has 0 aromatic carbocycles. The van der Waals surface area contributed by atoms with E-state index in [1.807, 2.05) is 6.07 Å². The summed E-state index contributed by atoms with van der Waals surface area (Å²) in [4.78, 5) is 4.05. The van der Waals surface area contributed by atoms with Crippen LogP contribution >= 0.6 is 7.60 Å². The van der Waals surface area contributed by atoms with Crippen LogP contribution in [-0.2, 0) is 20.2 Å². The first-order chi connectivity index (χ1) is 10.2. The van der Waals surface area contributed by atoms with Gasteiger partial charge in [0.15, 0.2) is 12.7 Å². The number of rotatable bonds is 8. The monoisotopic (exact) mass is 312 g/mol. The molecule has 8 heteroatoms. The molecule has 0 radical (unpaired) electrons. The Hall–Kier alpha value is -1.56. The van der Waals surface area contributed by atoms with E-state index in [1.165, 1.54) is 6.26 Å². The summed E-state index contributed by atoms with van der Waals surface area (Å²) in [6.07, 6.45) is 6.80. The Bertz CT molecular complexity index is 576. The lowest BCUT2D eigenvalue weighted by Gasteiger charge is -2.14. The van der Waals surface area contributed by atoms with Gasteiger partial charge in [-0.25, -0.2) is 4.98 Å². The molecule has 0 aliphatic rings. The van der Waals surface area contributed by atoms with Crippen LogP contribution < -0.4 is 4.68 Å². The Kier molecular flexibility index (Phi) is 5.61. The van der Waals surface area contributed by atoms with Gasteiger partial charge in [0.05, 0.1) is 25.0 Å². The zero-order valence-corrected chi connectivity index (χ0v) is 13.0. The molecule has 0 bridgehead atoms. The minimum Gasteiger partial charge on any atom is -0.444 e. The van der Waals surface area contributed by atoms with Crippen LogP contribution in [0.15, 0.2) is 35.3 Å². The molecule has 2 heterocycles. The Morgan fingerprint density at radius 1 is 1.33 bits per heavy atom. The molecule has 0 fully saturated rings. The predicted octanol–water partition coefficient (Wildman–Crippen LogP) is 2.29. The van der Waals surface area contributed by atoms with Gasteiger partial charge in [-0.3, -0.25) is 4.57 Å². The van der Waals surface area contributed by atoms with E-state index in [1.54, 1.807) is 37.1 Å². The lowest BCUT2D eigenvalue weighted by Crippen LogP contribution is -2.39. The number of hydrogen-bond acceptors (Lipinski definition) is 6. The quantitative estimate of drug-likeness (QED) is 0.550. The van der Waals surface area contributed by atoms with Crippen LogP contribution in [0.5, 0.6) is 0 Å². The summed E-state index contributed by atoms with van der Waals surface area (Å²) in [6.45, 7) is 4.75. The second-order valence-electron chi connectivity index (χ2n) is 4.19. The number of nitrogens with zero attached hydrogens (tertiary/aromatic N) is 3. The fourth-order valence-electron chi connectivity index (χ4n) is 1.79. The zero-order chi connectivity index (χ0) is 15.1. The predicted molar refractivity (Wildman–Crippen MR) is 75.7 cm³/mol. The van der Waals surface area contributed by atoms with E-state index in [-0.39, 0.29) is 6.16 Å². The van der Waals surface area contributed by atoms with Crippen molar-refractivity contribution in [2.75, 3.05) is 19.4 Å². The molecule has 0 spiro atoms. The summed E-state index contributed by atoms with van der Waals surface area (Å²) in [6, 6.07) is 1.84. The topological polar surface area (TPSA) is 78.3 Å². The molecule has 0 aliphatic heterocycles. The molecule has 0 N–H and O–H groups in total. The van der Waals surface area contributed by atoms with E-state index < -0.39 is 7.60 Å². The average molecular weight is 312 g/mol. The molecule has 0 saturated heterocycles. The van der Waals surface area contributed by atoms with E-state index in [9.17, 15) is 4.57 Å². The molecular formula is C13H19N3O4P+. The van der Waals surface area contributed by atoms with Crippen molar-refractivity contribution >= 4 is 7.60 Å². The van der Waals surface area contributed by atoms with Gasteiger partial charge < -0.3 is 13.5 Å². The highest BCUT2D eigenvalue weighted by atomic mass is 31.2. The van der Waals surface area contributed by atoms with Gasteiger partial charge >= 0.3 is 7.60 Å². The molecule has 0 saturated carbocycles. The standard InChI is InChI=1S/C13H19N3O4P/c1-3-19-21(17,20-4-2)10-8-16-7-5-12(11-15-16)13-14-6-9-18-13/h5-7,9,11H,3-4,8,10H2,1-2H3/q+1. The molecule has 2 rings (SSSR count). The number of aromatic nitrogens is 3. The van der Waals surface area contributed by atoms with E-state index in [0.29, 0.717) is 25.6 Å². The fraction of sp³-hybridized carbons (Fsp3) is 0.462. The zero-order valence-electron chi connectivity index (χ0n) is 12.1. The first-order valence-corrected chi connectivity index (χ1v) is 8.53. The minimum absolute atomic E-state index is 0.282. The van der Waals surface area contributed by atoms with Gasteiger partial charge in [0.25, 0.3) is 0 Å². The lowest BCUT2D eigenvalue weighted by atomic mass is 10.3. The highest BCUT2D eigenvalue weighted by Crippen LogP contribution is 2.47. The van der Waals surface area contributed by atoms with Crippen molar-refractivity contribution < 1.29 is 22.7 Å². The van der Waals surface area contributed by atoms with Crippen molar-refractivity contribution in [1.82, 2.24) is 10.1 Å². The SMILES string of the molecule is CCOP(=O)(CC[n+]1ccc(-c2ncco2)cn1)OCC. The summed E-state index contributed by atoms with van der Waals surface area (Å²) in [5.41, 5.74) is 0.786. The first-order valence-electron chi connectivity index (χ1n) is 6.80. The number of hydrogen-bond donors (Lipinski definition) is 0. The van der Waals surface area contributed by atoms with Crippen LogP contribution in [0.25, 0.3) is 11.5 Å². The Labute approximate surface area is 123 Å². The van der Waals surface area contributed by atoms with Crippen LogP contribution in [0.1, 0.15) is 13.8 Å². The molecule has 0 atom stereocenters. The molecule has 0 unspecified atom stereocenters. The van der Waals surface area contributed by atoms with Crippen molar-refractivity contribution in [2.45, 2.75) is 20.4 Å². The van der Waals surface area contributed by atoms with E-state index in [0.717, 1.165) is 5.56 Å². The van der Waals surface area contributed by atoms with Crippen molar-refractivity contribution in [3.05, 3.63) is 30.9 Å². The highest BCUT2D eigenvalue weighted by Gasteiger charge is 2.25. The maximum atomic E-state index is 12.3. The van der Waals surface area contributed by atoms with Crippen molar-refractivity contribution in [3.8, 4) is 11.5 Å². The number of oxazole rings is 1. The van der Waals surface area contributed by atoms with Crippen LogP contribution in [0.3, 0.4) is 0 Å². The second kappa shape index (κ2) is 7.45. The van der Waals surface area contributed by atoms with Gasteiger partial charge in [-0.15, -0.1) is 0 Å². The maximum Gasteiger partial charge on any atom is 0.337 e. The largest absolute Gasteiger partial charge is 0.444 e. The van der Waals surface area contributed by atoms with Crippen LogP contribution in [0.4, 0.5) is 0 Å². The molecule has 7 nitrogen and oxygen atoms in total. The third-order valence-corrected chi connectivity index (χ3v) is 4.76. The normalized spacial score (nSPS) is 11.7. The molecular weight excluding hydrogens is 293 g/mol. The van der Waals surface area contributed by atoms with E-state index in [4.69, 9.17) is 13.5 Å². The van der Waals surface area contributed by atoms with E-state index >= 15 is 0 Å². The summed E-state index contributed by atoms with van der Waals surface area (Å²) < 4.78 is 29.7. The third-order valence-electron chi connectivity index (χ3n) is 2.71. The lowest BCUT2D eigenvalue weighted by molar-refractivity contribution is -0.750. The van der Waals surface area contributed by atoms with Gasteiger partial charge in [0, 0.05) is 6.07 Å². The summed E-state index contributed by atoms with van der Waals surface area (Å²) >= 11 is 0. The molecule has 0 aliphatic carbocycles. The van der Waals surface area contributed by atoms with Crippen molar-refractivity contribution in [2.24, 2.45) is 0 Å². The van der Waals surface area contributed by atoms with Gasteiger partial charge in [-0.2, -0.15) is 0 Å². The second-order valence-corrected chi connectivity index (χ2v) is 6.37. The molecule has 2 aromatic rings. The van der Waals surface area contributed by atoms with Gasteiger partial charge in [0.2, 0.25) is 5.89 Å². The van der Waals surface area contributed by atoms with Gasteiger partial charge in [-0.05, 0) is 18.9 Å². The van der Waals surface area contributed by atoms with Crippen LogP contribution in [-0.4, -0.2) is 29.5 Å².